The van der Waals surface area contributed by atoms with Gasteiger partial charge in [-0.1, -0.05) is 270 Å². The maximum Gasteiger partial charge on any atom is 0.306 e. The smallest absolute Gasteiger partial charge is 0.306 e. The Labute approximate surface area is 481 Å². The molecule has 0 radical (unpaired) electrons. The quantitative estimate of drug-likeness (QED) is 0.0261. The number of esters is 3. The summed E-state index contributed by atoms with van der Waals surface area (Å²) in [4.78, 5) is 38.2. The standard InChI is InChI=1S/C72H118O6/c1-4-7-10-13-16-19-22-24-26-28-30-32-33-34-35-36-37-38-39-41-42-44-46-48-50-53-56-59-62-65-71(74)77-68-69(67-76-70(73)64-61-58-55-52-21-18-15-12-9-6-3)78-72(75)66-63-60-57-54-51-49-47-45-43-40-31-29-27-25-23-20-17-14-11-8-5-2/h7,10,12,15-16,19,24,26,29-32,34-35,37-38,41-42,46,48,53,56,69H,4-6,8-9,11,13-14,17-18,20-23,25,27-28,33,36,39-40,43-45,47,49-52,54-55,57-68H2,1-3H3/b10-7-,15-12-,19-16-,26-24-,31-29-,32-30-,35-34-,38-37-,42-41-,48-46-,56-53-. The number of hydrogen-bond donors (Lipinski definition) is 0. The Morgan fingerprint density at radius 2 is 0.538 bits per heavy atom. The highest BCUT2D eigenvalue weighted by atomic mass is 16.6. The van der Waals surface area contributed by atoms with Gasteiger partial charge in [-0.15, -0.1) is 0 Å². The summed E-state index contributed by atoms with van der Waals surface area (Å²) in [5.41, 5.74) is 0. The monoisotopic (exact) mass is 1080 g/mol. The van der Waals surface area contributed by atoms with E-state index in [4.69, 9.17) is 14.2 Å². The molecule has 0 aromatic rings. The van der Waals surface area contributed by atoms with E-state index in [1.807, 2.05) is 0 Å². The molecule has 0 aliphatic rings. The molecule has 0 bridgehead atoms. The summed E-state index contributed by atoms with van der Waals surface area (Å²) in [6.07, 6.45) is 91.9. The fourth-order valence-electron chi connectivity index (χ4n) is 8.56. The maximum atomic E-state index is 12.9. The number of allylic oxidation sites excluding steroid dienone is 22. The molecule has 0 rings (SSSR count). The third kappa shape index (κ3) is 62.4. The minimum absolute atomic E-state index is 0.104. The van der Waals surface area contributed by atoms with Gasteiger partial charge in [0.2, 0.25) is 0 Å². The van der Waals surface area contributed by atoms with Crippen LogP contribution in [0.5, 0.6) is 0 Å². The van der Waals surface area contributed by atoms with Crippen LogP contribution >= 0.6 is 0 Å². The number of hydrogen-bond acceptors (Lipinski definition) is 6. The van der Waals surface area contributed by atoms with Crippen molar-refractivity contribution >= 4 is 17.9 Å². The Hall–Kier alpha value is -4.45. The van der Waals surface area contributed by atoms with E-state index >= 15 is 0 Å². The average Bonchev–Trinajstić information content (AvgIpc) is 3.44. The minimum atomic E-state index is -0.810. The number of carbonyl (C=O) groups excluding carboxylic acids is 3. The SMILES string of the molecule is CC/C=C\C/C=C\C/C=C\C/C=C\C/C=C\C/C=C\C/C=C\C/C=C\C/C=C\CCCC(=O)OCC(COC(=O)CCCCCCC/C=C\CCC)OC(=O)CCCCCCCCCCC/C=C\CCCCCCCCCC. The van der Waals surface area contributed by atoms with Crippen molar-refractivity contribution in [3.63, 3.8) is 0 Å². The van der Waals surface area contributed by atoms with E-state index in [9.17, 15) is 14.4 Å². The third-order valence-corrected chi connectivity index (χ3v) is 13.3. The van der Waals surface area contributed by atoms with Crippen molar-refractivity contribution in [1.82, 2.24) is 0 Å². The summed E-state index contributed by atoms with van der Waals surface area (Å²) in [6, 6.07) is 0. The fraction of sp³-hybridized carbons (Fsp3) is 0.653. The van der Waals surface area contributed by atoms with Gasteiger partial charge in [-0.05, 0) is 128 Å². The second-order valence-electron chi connectivity index (χ2n) is 20.9. The van der Waals surface area contributed by atoms with Gasteiger partial charge in [-0.25, -0.2) is 0 Å². The Balaban J connectivity index is 4.38. The molecule has 0 fully saturated rings. The van der Waals surface area contributed by atoms with Crippen LogP contribution in [0.2, 0.25) is 0 Å². The molecule has 0 spiro atoms. The van der Waals surface area contributed by atoms with Crippen LogP contribution in [0.1, 0.15) is 284 Å². The zero-order valence-electron chi connectivity index (χ0n) is 50.6. The molecule has 0 N–H and O–H groups in total. The summed E-state index contributed by atoms with van der Waals surface area (Å²) in [5.74, 6) is -0.978. The van der Waals surface area contributed by atoms with Gasteiger partial charge in [0, 0.05) is 19.3 Å². The lowest BCUT2D eigenvalue weighted by Crippen LogP contribution is -2.30. The molecular formula is C72H118O6. The van der Waals surface area contributed by atoms with Crippen molar-refractivity contribution in [2.24, 2.45) is 0 Å². The summed E-state index contributed by atoms with van der Waals surface area (Å²) in [5, 5.41) is 0. The lowest BCUT2D eigenvalue weighted by molar-refractivity contribution is -0.167. The second-order valence-corrected chi connectivity index (χ2v) is 20.9. The molecule has 0 aliphatic heterocycles. The molecule has 0 aromatic carbocycles. The molecule has 1 unspecified atom stereocenters. The number of unbranched alkanes of at least 4 members (excludes halogenated alkanes) is 24. The molecule has 442 valence electrons. The van der Waals surface area contributed by atoms with Crippen LogP contribution in [-0.2, 0) is 28.6 Å². The number of ether oxygens (including phenoxy) is 3. The van der Waals surface area contributed by atoms with Gasteiger partial charge in [-0.3, -0.25) is 14.4 Å². The van der Waals surface area contributed by atoms with Crippen LogP contribution in [0.4, 0.5) is 0 Å². The first-order chi connectivity index (χ1) is 38.5. The normalized spacial score (nSPS) is 13.0. The fourth-order valence-corrected chi connectivity index (χ4v) is 8.56. The van der Waals surface area contributed by atoms with Crippen molar-refractivity contribution < 1.29 is 28.6 Å². The van der Waals surface area contributed by atoms with Gasteiger partial charge in [-0.2, -0.15) is 0 Å². The van der Waals surface area contributed by atoms with E-state index in [0.717, 1.165) is 122 Å². The van der Waals surface area contributed by atoms with E-state index in [1.165, 1.54) is 116 Å². The second kappa shape index (κ2) is 65.1. The Morgan fingerprint density at radius 3 is 0.897 bits per heavy atom. The highest BCUT2D eigenvalue weighted by molar-refractivity contribution is 5.71. The Morgan fingerprint density at radius 1 is 0.269 bits per heavy atom. The van der Waals surface area contributed by atoms with E-state index in [2.05, 4.69) is 154 Å². The summed E-state index contributed by atoms with van der Waals surface area (Å²) in [6.45, 7) is 6.41. The molecule has 0 aliphatic carbocycles. The lowest BCUT2D eigenvalue weighted by atomic mass is 10.1. The van der Waals surface area contributed by atoms with Crippen molar-refractivity contribution in [3.8, 4) is 0 Å². The van der Waals surface area contributed by atoms with Crippen molar-refractivity contribution in [3.05, 3.63) is 134 Å². The first-order valence-corrected chi connectivity index (χ1v) is 32.2. The van der Waals surface area contributed by atoms with Crippen molar-refractivity contribution in [2.45, 2.75) is 290 Å². The van der Waals surface area contributed by atoms with Gasteiger partial charge in [0.1, 0.15) is 13.2 Å². The van der Waals surface area contributed by atoms with Crippen LogP contribution < -0.4 is 0 Å². The minimum Gasteiger partial charge on any atom is -0.462 e. The predicted octanol–water partition coefficient (Wildman–Crippen LogP) is 22.2. The Bertz CT molecular complexity index is 1670. The van der Waals surface area contributed by atoms with E-state index in [1.54, 1.807) is 0 Å². The zero-order chi connectivity index (χ0) is 56.4. The van der Waals surface area contributed by atoms with Crippen molar-refractivity contribution in [1.29, 1.82) is 0 Å². The van der Waals surface area contributed by atoms with Crippen LogP contribution in [0.3, 0.4) is 0 Å². The summed E-state index contributed by atoms with van der Waals surface area (Å²) >= 11 is 0. The lowest BCUT2D eigenvalue weighted by Gasteiger charge is -2.18. The van der Waals surface area contributed by atoms with Crippen LogP contribution in [0.15, 0.2) is 134 Å². The van der Waals surface area contributed by atoms with E-state index in [0.29, 0.717) is 19.3 Å². The molecule has 1 atom stereocenters. The predicted molar refractivity (Wildman–Crippen MR) is 339 cm³/mol. The Kier molecular flexibility index (Phi) is 61.4. The van der Waals surface area contributed by atoms with E-state index in [-0.39, 0.29) is 37.5 Å². The average molecular weight is 1080 g/mol. The molecule has 6 nitrogen and oxygen atoms in total. The highest BCUT2D eigenvalue weighted by Crippen LogP contribution is 2.15. The molecule has 0 heterocycles. The molecule has 78 heavy (non-hydrogen) atoms. The van der Waals surface area contributed by atoms with Gasteiger partial charge < -0.3 is 14.2 Å². The largest absolute Gasteiger partial charge is 0.462 e. The first kappa shape index (κ1) is 73.5. The number of rotatable bonds is 57. The zero-order valence-corrected chi connectivity index (χ0v) is 50.6. The third-order valence-electron chi connectivity index (χ3n) is 13.3. The van der Waals surface area contributed by atoms with Crippen LogP contribution in [-0.4, -0.2) is 37.2 Å². The van der Waals surface area contributed by atoms with Crippen LogP contribution in [0.25, 0.3) is 0 Å². The van der Waals surface area contributed by atoms with Gasteiger partial charge in [0.05, 0.1) is 0 Å². The highest BCUT2D eigenvalue weighted by Gasteiger charge is 2.19. The molecule has 6 heteroatoms. The molecule has 0 aromatic heterocycles. The van der Waals surface area contributed by atoms with Gasteiger partial charge in [0.25, 0.3) is 0 Å². The van der Waals surface area contributed by atoms with Gasteiger partial charge in [0.15, 0.2) is 6.10 Å². The molecule has 0 saturated heterocycles. The van der Waals surface area contributed by atoms with Gasteiger partial charge >= 0.3 is 17.9 Å². The topological polar surface area (TPSA) is 78.9 Å². The number of carbonyl (C=O) groups is 3. The summed E-state index contributed by atoms with van der Waals surface area (Å²) in [7, 11) is 0. The molecule has 0 saturated carbocycles. The van der Waals surface area contributed by atoms with Crippen LogP contribution in [0, 0.1) is 0 Å². The van der Waals surface area contributed by atoms with Crippen molar-refractivity contribution in [2.75, 3.05) is 13.2 Å². The maximum absolute atomic E-state index is 12.9. The summed E-state index contributed by atoms with van der Waals surface area (Å²) < 4.78 is 16.8. The molecular weight excluding hydrogens is 961 g/mol. The molecule has 0 amide bonds. The first-order valence-electron chi connectivity index (χ1n) is 32.2. The van der Waals surface area contributed by atoms with E-state index < -0.39 is 6.10 Å².